The minimum atomic E-state index is -0.0457. The number of aromatic hydroxyl groups is 1. The van der Waals surface area contributed by atoms with Crippen molar-refractivity contribution in [3.63, 3.8) is 0 Å². The summed E-state index contributed by atoms with van der Waals surface area (Å²) in [6.07, 6.45) is 1.72. The summed E-state index contributed by atoms with van der Waals surface area (Å²) < 4.78 is 0. The summed E-state index contributed by atoms with van der Waals surface area (Å²) in [5.74, 6) is 0.127. The van der Waals surface area contributed by atoms with E-state index in [1.807, 2.05) is 32.0 Å². The molecule has 0 aliphatic heterocycles. The van der Waals surface area contributed by atoms with Crippen molar-refractivity contribution < 1.29 is 9.90 Å². The van der Waals surface area contributed by atoms with Crippen LogP contribution in [0.4, 0.5) is 0 Å². The molecule has 1 amide bonds. The van der Waals surface area contributed by atoms with Gasteiger partial charge in [0.15, 0.2) is 0 Å². The molecule has 0 aliphatic rings. The van der Waals surface area contributed by atoms with Crippen LogP contribution in [0.15, 0.2) is 42.6 Å². The summed E-state index contributed by atoms with van der Waals surface area (Å²) >= 11 is 0. The van der Waals surface area contributed by atoms with Crippen molar-refractivity contribution in [2.24, 2.45) is 0 Å². The summed E-state index contributed by atoms with van der Waals surface area (Å²) in [4.78, 5) is 18.5. The van der Waals surface area contributed by atoms with Gasteiger partial charge in [-0.2, -0.15) is 0 Å². The van der Waals surface area contributed by atoms with Gasteiger partial charge in [0, 0.05) is 18.3 Å². The molecule has 2 rings (SSSR count). The molecule has 0 bridgehead atoms. The molecular weight excluding hydrogens is 252 g/mol. The van der Waals surface area contributed by atoms with Crippen molar-refractivity contribution in [1.82, 2.24) is 9.88 Å². The number of aryl methyl sites for hydroxylation is 1. The van der Waals surface area contributed by atoms with Crippen molar-refractivity contribution in [2.75, 3.05) is 6.54 Å². The zero-order valence-electron chi connectivity index (χ0n) is 11.7. The predicted octanol–water partition coefficient (Wildman–Crippen LogP) is 2.76. The molecule has 0 spiro atoms. The molecule has 104 valence electrons. The monoisotopic (exact) mass is 270 g/mol. The fraction of sp³-hybridized carbons (Fsp3) is 0.250. The Labute approximate surface area is 118 Å². The average molecular weight is 270 g/mol. The minimum absolute atomic E-state index is 0.0457. The van der Waals surface area contributed by atoms with Gasteiger partial charge in [0.05, 0.1) is 12.2 Å². The second-order valence-electron chi connectivity index (χ2n) is 4.64. The molecule has 0 aliphatic carbocycles. The highest BCUT2D eigenvalue weighted by atomic mass is 16.3. The standard InChI is InChI=1S/C16H18N2O2/c1-3-18(11-13-6-4-5-9-17-13)16(20)15-8-7-14(19)10-12(15)2/h4-10,19H,3,11H2,1-2H3. The number of phenols is 1. The summed E-state index contributed by atoms with van der Waals surface area (Å²) in [6, 6.07) is 10.5. The molecule has 1 aromatic heterocycles. The predicted molar refractivity (Wildman–Crippen MR) is 77.5 cm³/mol. The maximum absolute atomic E-state index is 12.5. The molecule has 1 aromatic carbocycles. The van der Waals surface area contributed by atoms with Crippen molar-refractivity contribution in [2.45, 2.75) is 20.4 Å². The first-order valence-electron chi connectivity index (χ1n) is 6.60. The van der Waals surface area contributed by atoms with Gasteiger partial charge in [-0.1, -0.05) is 6.07 Å². The lowest BCUT2D eigenvalue weighted by Gasteiger charge is -2.21. The molecule has 20 heavy (non-hydrogen) atoms. The fourth-order valence-corrected chi connectivity index (χ4v) is 2.07. The van der Waals surface area contributed by atoms with Crippen LogP contribution < -0.4 is 0 Å². The molecule has 0 unspecified atom stereocenters. The molecular formula is C16H18N2O2. The SMILES string of the molecule is CCN(Cc1ccccn1)C(=O)c1ccc(O)cc1C. The number of aromatic nitrogens is 1. The van der Waals surface area contributed by atoms with Gasteiger partial charge in [-0.25, -0.2) is 0 Å². The van der Waals surface area contributed by atoms with Gasteiger partial charge in [0.2, 0.25) is 0 Å². The van der Waals surface area contributed by atoms with E-state index in [1.165, 1.54) is 6.07 Å². The molecule has 4 nitrogen and oxygen atoms in total. The first-order chi connectivity index (χ1) is 9.61. The summed E-state index contributed by atoms with van der Waals surface area (Å²) in [5.41, 5.74) is 2.24. The van der Waals surface area contributed by atoms with Crippen LogP contribution in [0.25, 0.3) is 0 Å². The minimum Gasteiger partial charge on any atom is -0.508 e. The number of pyridine rings is 1. The maximum Gasteiger partial charge on any atom is 0.254 e. The Balaban J connectivity index is 2.21. The Kier molecular flexibility index (Phi) is 4.35. The molecule has 1 N–H and O–H groups in total. The van der Waals surface area contributed by atoms with Crippen LogP contribution in [-0.4, -0.2) is 27.4 Å². The Bertz CT molecular complexity index is 597. The second kappa shape index (κ2) is 6.19. The van der Waals surface area contributed by atoms with Crippen LogP contribution in [0, 0.1) is 6.92 Å². The first-order valence-corrected chi connectivity index (χ1v) is 6.60. The first kappa shape index (κ1) is 14.1. The number of hydrogen-bond donors (Lipinski definition) is 1. The highest BCUT2D eigenvalue weighted by molar-refractivity contribution is 5.95. The number of hydrogen-bond acceptors (Lipinski definition) is 3. The van der Waals surface area contributed by atoms with Crippen molar-refractivity contribution >= 4 is 5.91 Å². The lowest BCUT2D eigenvalue weighted by Crippen LogP contribution is -2.31. The van der Waals surface area contributed by atoms with Gasteiger partial charge in [-0.15, -0.1) is 0 Å². The van der Waals surface area contributed by atoms with E-state index in [0.717, 1.165) is 11.3 Å². The van der Waals surface area contributed by atoms with Crippen molar-refractivity contribution in [1.29, 1.82) is 0 Å². The fourth-order valence-electron chi connectivity index (χ4n) is 2.07. The molecule has 0 radical (unpaired) electrons. The Morgan fingerprint density at radius 3 is 2.70 bits per heavy atom. The zero-order valence-corrected chi connectivity index (χ0v) is 11.7. The van der Waals surface area contributed by atoms with E-state index in [4.69, 9.17) is 0 Å². The molecule has 0 saturated carbocycles. The van der Waals surface area contributed by atoms with Crippen LogP contribution in [0.3, 0.4) is 0 Å². The Hall–Kier alpha value is -2.36. The third-order valence-corrected chi connectivity index (χ3v) is 3.19. The number of benzene rings is 1. The lowest BCUT2D eigenvalue weighted by atomic mass is 10.1. The zero-order chi connectivity index (χ0) is 14.5. The van der Waals surface area contributed by atoms with Crippen LogP contribution in [0.5, 0.6) is 5.75 Å². The van der Waals surface area contributed by atoms with Crippen LogP contribution in [0.2, 0.25) is 0 Å². The van der Waals surface area contributed by atoms with E-state index in [0.29, 0.717) is 18.7 Å². The van der Waals surface area contributed by atoms with Gasteiger partial charge in [-0.3, -0.25) is 9.78 Å². The molecule has 2 aromatic rings. The van der Waals surface area contributed by atoms with Crippen LogP contribution >= 0.6 is 0 Å². The highest BCUT2D eigenvalue weighted by Crippen LogP contribution is 2.18. The van der Waals surface area contributed by atoms with Crippen molar-refractivity contribution in [3.8, 4) is 5.75 Å². The van der Waals surface area contributed by atoms with Gasteiger partial charge in [0.25, 0.3) is 5.91 Å². The Morgan fingerprint density at radius 2 is 2.10 bits per heavy atom. The number of phenolic OH excluding ortho intramolecular Hbond substituents is 1. The molecule has 1 heterocycles. The summed E-state index contributed by atoms with van der Waals surface area (Å²) in [6.45, 7) is 4.85. The van der Waals surface area contributed by atoms with E-state index in [2.05, 4.69) is 4.98 Å². The normalized spacial score (nSPS) is 10.3. The van der Waals surface area contributed by atoms with E-state index >= 15 is 0 Å². The van der Waals surface area contributed by atoms with E-state index in [9.17, 15) is 9.90 Å². The lowest BCUT2D eigenvalue weighted by molar-refractivity contribution is 0.0750. The number of rotatable bonds is 4. The number of carbonyl (C=O) groups is 1. The number of amides is 1. The van der Waals surface area contributed by atoms with Crippen LogP contribution in [0.1, 0.15) is 28.5 Å². The second-order valence-corrected chi connectivity index (χ2v) is 4.64. The van der Waals surface area contributed by atoms with Gasteiger partial charge in [0.1, 0.15) is 5.75 Å². The molecule has 0 fully saturated rings. The maximum atomic E-state index is 12.5. The number of nitrogens with zero attached hydrogens (tertiary/aromatic N) is 2. The van der Waals surface area contributed by atoms with Crippen LogP contribution in [-0.2, 0) is 6.54 Å². The third kappa shape index (κ3) is 3.15. The average Bonchev–Trinajstić information content (AvgIpc) is 2.45. The molecule has 0 saturated heterocycles. The van der Waals surface area contributed by atoms with E-state index in [-0.39, 0.29) is 11.7 Å². The molecule has 0 atom stereocenters. The third-order valence-electron chi connectivity index (χ3n) is 3.19. The largest absolute Gasteiger partial charge is 0.508 e. The topological polar surface area (TPSA) is 53.4 Å². The van der Waals surface area contributed by atoms with Gasteiger partial charge in [-0.05, 0) is 49.7 Å². The number of carbonyl (C=O) groups excluding carboxylic acids is 1. The smallest absolute Gasteiger partial charge is 0.254 e. The van der Waals surface area contributed by atoms with E-state index in [1.54, 1.807) is 23.2 Å². The summed E-state index contributed by atoms with van der Waals surface area (Å²) in [5, 5.41) is 9.42. The van der Waals surface area contributed by atoms with Gasteiger partial charge < -0.3 is 10.0 Å². The molecule has 4 heteroatoms. The van der Waals surface area contributed by atoms with Gasteiger partial charge >= 0.3 is 0 Å². The van der Waals surface area contributed by atoms with Crippen molar-refractivity contribution in [3.05, 3.63) is 59.4 Å². The van der Waals surface area contributed by atoms with E-state index < -0.39 is 0 Å². The quantitative estimate of drug-likeness (QED) is 0.929. The Morgan fingerprint density at radius 1 is 1.30 bits per heavy atom. The highest BCUT2D eigenvalue weighted by Gasteiger charge is 2.17. The summed E-state index contributed by atoms with van der Waals surface area (Å²) in [7, 11) is 0.